The number of ketones is 1. The van der Waals surface area contributed by atoms with Crippen LogP contribution in [-0.2, 0) is 0 Å². The van der Waals surface area contributed by atoms with Crippen molar-refractivity contribution in [2.45, 2.75) is 31.8 Å². The number of benzene rings is 1. The van der Waals surface area contributed by atoms with Crippen molar-refractivity contribution in [1.29, 1.82) is 0 Å². The zero-order valence-corrected chi connectivity index (χ0v) is 10.7. The first kappa shape index (κ1) is 11.6. The number of alkyl halides is 1. The largest absolute Gasteiger partial charge is 0.490 e. The molecule has 0 saturated heterocycles. The van der Waals surface area contributed by atoms with Gasteiger partial charge in [0.25, 0.3) is 0 Å². The van der Waals surface area contributed by atoms with Gasteiger partial charge in [0, 0.05) is 5.56 Å². The molecule has 1 saturated carbocycles. The lowest BCUT2D eigenvalue weighted by Crippen LogP contribution is -2.10. The smallest absolute Gasteiger partial charge is 0.173 e. The molecular weight excluding hydrogens is 268 g/mol. The highest BCUT2D eigenvalue weighted by atomic mass is 79.9. The van der Waals surface area contributed by atoms with E-state index in [2.05, 4.69) is 15.9 Å². The summed E-state index contributed by atoms with van der Waals surface area (Å²) >= 11 is 3.16. The SMILES string of the molecule is O=C(CBr)c1ccc(OC2CCCC2)cc1. The molecule has 0 heterocycles. The van der Waals surface area contributed by atoms with Crippen LogP contribution >= 0.6 is 15.9 Å². The fraction of sp³-hybridized carbons (Fsp3) is 0.462. The molecule has 3 heteroatoms. The zero-order valence-electron chi connectivity index (χ0n) is 9.12. The summed E-state index contributed by atoms with van der Waals surface area (Å²) in [5.74, 6) is 0.977. The highest BCUT2D eigenvalue weighted by molar-refractivity contribution is 9.09. The molecule has 0 spiro atoms. The lowest BCUT2D eigenvalue weighted by molar-refractivity contribution is 0.102. The quantitative estimate of drug-likeness (QED) is 0.623. The molecule has 1 fully saturated rings. The van der Waals surface area contributed by atoms with Gasteiger partial charge in [-0.15, -0.1) is 0 Å². The summed E-state index contributed by atoms with van der Waals surface area (Å²) in [4.78, 5) is 11.4. The van der Waals surface area contributed by atoms with Gasteiger partial charge in [0.1, 0.15) is 5.75 Å². The summed E-state index contributed by atoms with van der Waals surface area (Å²) < 4.78 is 5.82. The van der Waals surface area contributed by atoms with Gasteiger partial charge in [0.15, 0.2) is 5.78 Å². The molecular formula is C13H15BrO2. The first-order valence-electron chi connectivity index (χ1n) is 5.65. The van der Waals surface area contributed by atoms with E-state index in [1.165, 1.54) is 12.8 Å². The van der Waals surface area contributed by atoms with Crippen LogP contribution in [0.25, 0.3) is 0 Å². The number of Topliss-reactive ketones (excluding diaryl/α,β-unsaturated/α-hetero) is 1. The first-order valence-corrected chi connectivity index (χ1v) is 6.77. The predicted molar refractivity (Wildman–Crippen MR) is 67.5 cm³/mol. The Balaban J connectivity index is 1.98. The van der Waals surface area contributed by atoms with Gasteiger partial charge in [-0.2, -0.15) is 0 Å². The Kier molecular flexibility index (Phi) is 3.99. The van der Waals surface area contributed by atoms with E-state index in [0.29, 0.717) is 11.4 Å². The fourth-order valence-corrected chi connectivity index (χ4v) is 2.32. The molecule has 0 atom stereocenters. The molecule has 0 amide bonds. The molecule has 1 aromatic rings. The normalized spacial score (nSPS) is 16.3. The molecule has 0 radical (unpaired) electrons. The van der Waals surface area contributed by atoms with Crippen LogP contribution < -0.4 is 4.74 Å². The lowest BCUT2D eigenvalue weighted by atomic mass is 10.1. The van der Waals surface area contributed by atoms with Crippen molar-refractivity contribution in [3.05, 3.63) is 29.8 Å². The molecule has 1 aromatic carbocycles. The maximum absolute atomic E-state index is 11.4. The molecule has 0 unspecified atom stereocenters. The molecule has 0 aliphatic heterocycles. The summed E-state index contributed by atoms with van der Waals surface area (Å²) in [5.41, 5.74) is 0.732. The van der Waals surface area contributed by atoms with Crippen LogP contribution in [0, 0.1) is 0 Å². The van der Waals surface area contributed by atoms with E-state index in [4.69, 9.17) is 4.74 Å². The minimum atomic E-state index is 0.104. The van der Waals surface area contributed by atoms with E-state index in [1.54, 1.807) is 0 Å². The van der Waals surface area contributed by atoms with Gasteiger partial charge in [0.2, 0.25) is 0 Å². The maximum Gasteiger partial charge on any atom is 0.173 e. The van der Waals surface area contributed by atoms with E-state index in [-0.39, 0.29) is 5.78 Å². The van der Waals surface area contributed by atoms with Crippen LogP contribution in [0.3, 0.4) is 0 Å². The number of rotatable bonds is 4. The van der Waals surface area contributed by atoms with E-state index < -0.39 is 0 Å². The van der Waals surface area contributed by atoms with Crippen LogP contribution in [-0.4, -0.2) is 17.2 Å². The zero-order chi connectivity index (χ0) is 11.4. The lowest BCUT2D eigenvalue weighted by Gasteiger charge is -2.12. The Labute approximate surface area is 104 Å². The number of carbonyl (C=O) groups excluding carboxylic acids is 1. The van der Waals surface area contributed by atoms with Gasteiger partial charge in [-0.05, 0) is 49.9 Å². The molecule has 0 aromatic heterocycles. The number of hydrogen-bond acceptors (Lipinski definition) is 2. The molecule has 0 bridgehead atoms. The van der Waals surface area contributed by atoms with Crippen LogP contribution in [0.2, 0.25) is 0 Å². The van der Waals surface area contributed by atoms with Crippen molar-refractivity contribution in [3.63, 3.8) is 0 Å². The monoisotopic (exact) mass is 282 g/mol. The van der Waals surface area contributed by atoms with Crippen LogP contribution in [0.5, 0.6) is 5.75 Å². The Bertz CT molecular complexity index is 353. The maximum atomic E-state index is 11.4. The van der Waals surface area contributed by atoms with Gasteiger partial charge >= 0.3 is 0 Å². The number of carbonyl (C=O) groups is 1. The van der Waals surface area contributed by atoms with E-state index >= 15 is 0 Å². The van der Waals surface area contributed by atoms with Crippen molar-refractivity contribution in [2.75, 3.05) is 5.33 Å². The van der Waals surface area contributed by atoms with Crippen LogP contribution in [0.1, 0.15) is 36.0 Å². The molecule has 16 heavy (non-hydrogen) atoms. The van der Waals surface area contributed by atoms with Gasteiger partial charge < -0.3 is 4.74 Å². The molecule has 86 valence electrons. The van der Waals surface area contributed by atoms with Gasteiger partial charge in [-0.25, -0.2) is 0 Å². The van der Waals surface area contributed by atoms with Gasteiger partial charge in [-0.1, -0.05) is 15.9 Å². The average Bonchev–Trinajstić information content (AvgIpc) is 2.82. The summed E-state index contributed by atoms with van der Waals surface area (Å²) in [6.45, 7) is 0. The molecule has 1 aliphatic carbocycles. The van der Waals surface area contributed by atoms with Crippen molar-refractivity contribution in [2.24, 2.45) is 0 Å². The third-order valence-electron chi connectivity index (χ3n) is 2.90. The Hall–Kier alpha value is -0.830. The highest BCUT2D eigenvalue weighted by Gasteiger charge is 2.16. The van der Waals surface area contributed by atoms with Crippen LogP contribution in [0.4, 0.5) is 0 Å². The van der Waals surface area contributed by atoms with E-state index in [1.807, 2.05) is 24.3 Å². The topological polar surface area (TPSA) is 26.3 Å². The predicted octanol–water partition coefficient (Wildman–Crippen LogP) is 3.59. The minimum absolute atomic E-state index is 0.104. The van der Waals surface area contributed by atoms with Gasteiger partial charge in [-0.3, -0.25) is 4.79 Å². The second-order valence-electron chi connectivity index (χ2n) is 4.11. The first-order chi connectivity index (χ1) is 7.79. The minimum Gasteiger partial charge on any atom is -0.490 e. The number of ether oxygens (including phenoxy) is 1. The molecule has 2 nitrogen and oxygen atoms in total. The number of hydrogen-bond donors (Lipinski definition) is 0. The van der Waals surface area contributed by atoms with Crippen LogP contribution in [0.15, 0.2) is 24.3 Å². The molecule has 2 rings (SSSR count). The Morgan fingerprint density at radius 2 is 1.88 bits per heavy atom. The summed E-state index contributed by atoms with van der Waals surface area (Å²) in [6, 6.07) is 7.42. The highest BCUT2D eigenvalue weighted by Crippen LogP contribution is 2.24. The Morgan fingerprint density at radius 1 is 1.25 bits per heavy atom. The third-order valence-corrected chi connectivity index (χ3v) is 3.41. The summed E-state index contributed by atoms with van der Waals surface area (Å²) in [5, 5.41) is 0.371. The second kappa shape index (κ2) is 5.48. The van der Waals surface area contributed by atoms with E-state index in [0.717, 1.165) is 24.2 Å². The van der Waals surface area contributed by atoms with Crippen molar-refractivity contribution in [1.82, 2.24) is 0 Å². The van der Waals surface area contributed by atoms with E-state index in [9.17, 15) is 4.79 Å². The standard InChI is InChI=1S/C13H15BrO2/c14-9-13(15)10-5-7-12(8-6-10)16-11-3-1-2-4-11/h5-8,11H,1-4,9H2. The summed E-state index contributed by atoms with van der Waals surface area (Å²) in [7, 11) is 0. The van der Waals surface area contributed by atoms with Crippen molar-refractivity contribution in [3.8, 4) is 5.75 Å². The van der Waals surface area contributed by atoms with Crippen molar-refractivity contribution >= 4 is 21.7 Å². The average molecular weight is 283 g/mol. The second-order valence-corrected chi connectivity index (χ2v) is 4.67. The molecule has 0 N–H and O–H groups in total. The fourth-order valence-electron chi connectivity index (χ4n) is 2.00. The number of halogens is 1. The Morgan fingerprint density at radius 3 is 2.44 bits per heavy atom. The van der Waals surface area contributed by atoms with Gasteiger partial charge in [0.05, 0.1) is 11.4 Å². The van der Waals surface area contributed by atoms with Crippen molar-refractivity contribution < 1.29 is 9.53 Å². The third kappa shape index (κ3) is 2.85. The molecule has 1 aliphatic rings. The summed E-state index contributed by atoms with van der Waals surface area (Å²) in [6.07, 6.45) is 5.22.